The third kappa shape index (κ3) is 3.85. The number of aromatic nitrogens is 2. The quantitative estimate of drug-likeness (QED) is 0.903. The number of imidazole rings is 1. The van der Waals surface area contributed by atoms with Crippen molar-refractivity contribution in [1.29, 1.82) is 0 Å². The molecule has 2 N–H and O–H groups in total. The fourth-order valence-electron chi connectivity index (χ4n) is 1.82. The predicted molar refractivity (Wildman–Crippen MR) is 76.2 cm³/mol. The fraction of sp³-hybridized carbons (Fsp3) is 0.333. The Morgan fingerprint density at radius 2 is 2.00 bits per heavy atom. The van der Waals surface area contributed by atoms with E-state index in [-0.39, 0.29) is 6.04 Å². The molecule has 2 rings (SSSR count). The van der Waals surface area contributed by atoms with E-state index in [0.717, 1.165) is 5.56 Å². The minimum Gasteiger partial charge on any atom is -0.444 e. The Morgan fingerprint density at radius 3 is 2.55 bits per heavy atom. The second-order valence-electron chi connectivity index (χ2n) is 5.46. The number of alkyl carbamates (subject to hydrolysis) is 1. The first-order valence-electron chi connectivity index (χ1n) is 6.49. The van der Waals surface area contributed by atoms with Gasteiger partial charge in [0.05, 0.1) is 0 Å². The lowest BCUT2D eigenvalue weighted by molar-refractivity contribution is 0.0510. The van der Waals surface area contributed by atoms with Gasteiger partial charge < -0.3 is 15.0 Å². The smallest absolute Gasteiger partial charge is 0.408 e. The van der Waals surface area contributed by atoms with Crippen molar-refractivity contribution < 1.29 is 9.53 Å². The first kappa shape index (κ1) is 14.1. The van der Waals surface area contributed by atoms with E-state index in [0.29, 0.717) is 5.82 Å². The number of hydrogen-bond donors (Lipinski definition) is 2. The molecule has 20 heavy (non-hydrogen) atoms. The molecule has 1 aromatic heterocycles. The number of rotatable bonds is 3. The molecule has 0 saturated heterocycles. The zero-order valence-corrected chi connectivity index (χ0v) is 11.9. The number of H-pyrrole nitrogens is 1. The van der Waals surface area contributed by atoms with Crippen molar-refractivity contribution in [1.82, 2.24) is 15.3 Å². The van der Waals surface area contributed by atoms with Crippen LogP contribution >= 0.6 is 0 Å². The van der Waals surface area contributed by atoms with Crippen LogP contribution in [0.3, 0.4) is 0 Å². The largest absolute Gasteiger partial charge is 0.444 e. The third-order valence-corrected chi connectivity index (χ3v) is 2.59. The second kappa shape index (κ2) is 5.77. The van der Waals surface area contributed by atoms with Crippen molar-refractivity contribution >= 4 is 6.09 Å². The number of ether oxygens (including phenoxy) is 1. The molecule has 2 aromatic rings. The molecule has 0 spiro atoms. The topological polar surface area (TPSA) is 67.0 Å². The third-order valence-electron chi connectivity index (χ3n) is 2.59. The summed E-state index contributed by atoms with van der Waals surface area (Å²) in [5.74, 6) is 0.669. The Hall–Kier alpha value is -2.30. The van der Waals surface area contributed by atoms with E-state index >= 15 is 0 Å². The van der Waals surface area contributed by atoms with Crippen molar-refractivity contribution in [3.63, 3.8) is 0 Å². The molecular formula is C15H19N3O2. The summed E-state index contributed by atoms with van der Waals surface area (Å²) in [4.78, 5) is 19.2. The summed E-state index contributed by atoms with van der Waals surface area (Å²) in [6.07, 6.45) is 2.91. The van der Waals surface area contributed by atoms with Gasteiger partial charge in [0.2, 0.25) is 0 Å². The van der Waals surface area contributed by atoms with Crippen LogP contribution in [0.15, 0.2) is 42.7 Å². The molecule has 1 amide bonds. The van der Waals surface area contributed by atoms with Crippen molar-refractivity contribution in [2.24, 2.45) is 0 Å². The number of nitrogens with zero attached hydrogens (tertiary/aromatic N) is 1. The molecule has 1 atom stereocenters. The van der Waals surface area contributed by atoms with Crippen LogP contribution in [0, 0.1) is 0 Å². The maximum absolute atomic E-state index is 12.0. The van der Waals surface area contributed by atoms with Crippen LogP contribution in [0.5, 0.6) is 0 Å². The summed E-state index contributed by atoms with van der Waals surface area (Å²) in [6.45, 7) is 5.49. The highest BCUT2D eigenvalue weighted by Crippen LogP contribution is 2.19. The van der Waals surface area contributed by atoms with Crippen molar-refractivity contribution in [3.05, 3.63) is 54.1 Å². The van der Waals surface area contributed by atoms with Crippen molar-refractivity contribution in [3.8, 4) is 0 Å². The van der Waals surface area contributed by atoms with Crippen LogP contribution in [0.1, 0.15) is 38.2 Å². The van der Waals surface area contributed by atoms with Crippen LogP contribution in [-0.2, 0) is 4.74 Å². The number of carbonyl (C=O) groups excluding carboxylic acids is 1. The molecule has 0 aliphatic rings. The van der Waals surface area contributed by atoms with Crippen LogP contribution in [-0.4, -0.2) is 21.7 Å². The molecule has 5 heteroatoms. The van der Waals surface area contributed by atoms with Gasteiger partial charge in [0.25, 0.3) is 0 Å². The number of nitrogens with one attached hydrogen (secondary N) is 2. The highest BCUT2D eigenvalue weighted by atomic mass is 16.6. The van der Waals surface area contributed by atoms with Crippen LogP contribution < -0.4 is 5.32 Å². The molecule has 0 fully saturated rings. The Balaban J connectivity index is 2.19. The maximum atomic E-state index is 12.0. The van der Waals surface area contributed by atoms with E-state index in [1.807, 2.05) is 51.1 Å². The number of aromatic amines is 1. The van der Waals surface area contributed by atoms with Gasteiger partial charge in [0.1, 0.15) is 17.5 Å². The first-order chi connectivity index (χ1) is 9.46. The lowest BCUT2D eigenvalue weighted by Gasteiger charge is -2.23. The SMILES string of the molecule is CC(C)(C)OC(=O)N[C@H](c1ccccc1)c1ncc[nH]1. The molecule has 1 aromatic carbocycles. The number of amides is 1. The minimum atomic E-state index is -0.533. The summed E-state index contributed by atoms with van der Waals surface area (Å²) in [6, 6.07) is 9.27. The average Bonchev–Trinajstić information content (AvgIpc) is 2.88. The van der Waals surface area contributed by atoms with Crippen LogP contribution in [0.4, 0.5) is 4.79 Å². The number of benzene rings is 1. The van der Waals surface area contributed by atoms with E-state index in [1.54, 1.807) is 12.4 Å². The number of carbonyl (C=O) groups is 1. The fourth-order valence-corrected chi connectivity index (χ4v) is 1.82. The van der Waals surface area contributed by atoms with Crippen molar-refractivity contribution in [2.45, 2.75) is 32.4 Å². The lowest BCUT2D eigenvalue weighted by Crippen LogP contribution is -2.35. The Kier molecular flexibility index (Phi) is 4.08. The van der Waals surface area contributed by atoms with Crippen LogP contribution in [0.2, 0.25) is 0 Å². The highest BCUT2D eigenvalue weighted by molar-refractivity contribution is 5.69. The normalized spacial score (nSPS) is 12.8. The zero-order chi connectivity index (χ0) is 14.6. The van der Waals surface area contributed by atoms with Gasteiger partial charge in [-0.25, -0.2) is 9.78 Å². The van der Waals surface area contributed by atoms with E-state index in [1.165, 1.54) is 0 Å². The minimum absolute atomic E-state index is 0.360. The summed E-state index contributed by atoms with van der Waals surface area (Å²) >= 11 is 0. The molecule has 1 heterocycles. The predicted octanol–water partition coefficient (Wildman–Crippen LogP) is 3.02. The molecule has 0 aliphatic carbocycles. The van der Waals surface area contributed by atoms with Gasteiger partial charge in [0.15, 0.2) is 0 Å². The molecule has 0 aliphatic heterocycles. The second-order valence-corrected chi connectivity index (χ2v) is 5.46. The van der Waals surface area contributed by atoms with Gasteiger partial charge in [-0.3, -0.25) is 0 Å². The molecule has 0 unspecified atom stereocenters. The summed E-state index contributed by atoms with van der Waals surface area (Å²) in [5.41, 5.74) is 0.405. The summed E-state index contributed by atoms with van der Waals surface area (Å²) in [7, 11) is 0. The molecule has 5 nitrogen and oxygen atoms in total. The standard InChI is InChI=1S/C15H19N3O2/c1-15(2,3)20-14(19)18-12(13-16-9-10-17-13)11-7-5-4-6-8-11/h4-10,12H,1-3H3,(H,16,17)(H,18,19)/t12-/m1/s1. The molecular weight excluding hydrogens is 254 g/mol. The molecule has 0 bridgehead atoms. The van der Waals surface area contributed by atoms with Gasteiger partial charge in [-0.05, 0) is 26.3 Å². The van der Waals surface area contributed by atoms with E-state index in [9.17, 15) is 4.79 Å². The van der Waals surface area contributed by atoms with Gasteiger partial charge in [-0.1, -0.05) is 30.3 Å². The maximum Gasteiger partial charge on any atom is 0.408 e. The van der Waals surface area contributed by atoms with E-state index in [4.69, 9.17) is 4.74 Å². The van der Waals surface area contributed by atoms with E-state index < -0.39 is 11.7 Å². The van der Waals surface area contributed by atoms with Crippen LogP contribution in [0.25, 0.3) is 0 Å². The lowest BCUT2D eigenvalue weighted by atomic mass is 10.1. The zero-order valence-electron chi connectivity index (χ0n) is 11.9. The van der Waals surface area contributed by atoms with Gasteiger partial charge in [-0.15, -0.1) is 0 Å². The summed E-state index contributed by atoms with van der Waals surface area (Å²) < 4.78 is 5.30. The molecule has 0 radical (unpaired) electrons. The summed E-state index contributed by atoms with van der Waals surface area (Å²) in [5, 5.41) is 2.84. The monoisotopic (exact) mass is 273 g/mol. The van der Waals surface area contributed by atoms with Gasteiger partial charge in [-0.2, -0.15) is 0 Å². The van der Waals surface area contributed by atoms with Crippen molar-refractivity contribution in [2.75, 3.05) is 0 Å². The van der Waals surface area contributed by atoms with E-state index in [2.05, 4.69) is 15.3 Å². The first-order valence-corrected chi connectivity index (χ1v) is 6.49. The van der Waals surface area contributed by atoms with Gasteiger partial charge in [0, 0.05) is 12.4 Å². The number of hydrogen-bond acceptors (Lipinski definition) is 3. The Morgan fingerprint density at radius 1 is 1.30 bits per heavy atom. The van der Waals surface area contributed by atoms with Gasteiger partial charge >= 0.3 is 6.09 Å². The highest BCUT2D eigenvalue weighted by Gasteiger charge is 2.22. The Labute approximate surface area is 118 Å². The Bertz CT molecular complexity index is 544. The molecule has 0 saturated carbocycles. The molecule has 106 valence electrons. The average molecular weight is 273 g/mol.